The molecular weight excluding hydrogens is 339 g/mol. The molecule has 0 amide bonds. The number of anilines is 2. The van der Waals surface area contributed by atoms with Crippen LogP contribution in [0.5, 0.6) is 0 Å². The highest BCUT2D eigenvalue weighted by Gasteiger charge is 2.18. The summed E-state index contributed by atoms with van der Waals surface area (Å²) in [6, 6.07) is 4.06. The van der Waals surface area contributed by atoms with Crippen LogP contribution >= 0.6 is 11.6 Å². The molecule has 1 aromatic heterocycles. The van der Waals surface area contributed by atoms with Gasteiger partial charge in [-0.3, -0.25) is 0 Å². The number of aromatic nitrogens is 1. The lowest BCUT2D eigenvalue weighted by Crippen LogP contribution is -2.32. The molecule has 0 fully saturated rings. The second-order valence-electron chi connectivity index (χ2n) is 6.22. The SMILES string of the molecule is C=C(Nc1cc(F)c(F)c(Cl)c1)c1cc(NC(C)(C)CF)cn1C. The van der Waals surface area contributed by atoms with Crippen LogP contribution in [0, 0.1) is 11.6 Å². The summed E-state index contributed by atoms with van der Waals surface area (Å²) in [7, 11) is 1.80. The van der Waals surface area contributed by atoms with Crippen molar-refractivity contribution in [3.05, 3.63) is 53.3 Å². The third-order valence-corrected chi connectivity index (χ3v) is 3.69. The van der Waals surface area contributed by atoms with Crippen molar-refractivity contribution < 1.29 is 13.2 Å². The summed E-state index contributed by atoms with van der Waals surface area (Å²) >= 11 is 5.64. The minimum Gasteiger partial charge on any atom is -0.376 e. The first-order chi connectivity index (χ1) is 11.1. The van der Waals surface area contributed by atoms with E-state index in [1.807, 2.05) is 0 Å². The standard InChI is InChI=1S/C17H19ClF3N3/c1-10(22-11-5-13(18)16(21)14(20)6-11)15-7-12(8-24(15)4)23-17(2,3)9-19/h5-8,22-23H,1,9H2,2-4H3. The predicted molar refractivity (Wildman–Crippen MR) is 93.1 cm³/mol. The molecule has 0 atom stereocenters. The Morgan fingerprint density at radius 1 is 1.25 bits per heavy atom. The number of rotatable bonds is 6. The monoisotopic (exact) mass is 357 g/mol. The maximum absolute atomic E-state index is 13.4. The van der Waals surface area contributed by atoms with E-state index in [9.17, 15) is 13.2 Å². The second-order valence-corrected chi connectivity index (χ2v) is 6.63. The van der Waals surface area contributed by atoms with Gasteiger partial charge in [-0.05, 0) is 26.0 Å². The largest absolute Gasteiger partial charge is 0.376 e. The first-order valence-corrected chi connectivity index (χ1v) is 7.62. The van der Waals surface area contributed by atoms with E-state index in [0.717, 1.165) is 11.8 Å². The van der Waals surface area contributed by atoms with Gasteiger partial charge in [-0.2, -0.15) is 0 Å². The molecular formula is C17H19ClF3N3. The van der Waals surface area contributed by atoms with Crippen molar-refractivity contribution in [1.29, 1.82) is 0 Å². The lowest BCUT2D eigenvalue weighted by molar-refractivity contribution is 0.375. The molecule has 0 aliphatic rings. The Bertz CT molecular complexity index is 745. The van der Waals surface area contributed by atoms with Crippen molar-refractivity contribution in [2.45, 2.75) is 19.4 Å². The Hall–Kier alpha value is -2.08. The minimum absolute atomic E-state index is 0.281. The Kier molecular flexibility index (Phi) is 5.18. The molecule has 0 aliphatic heterocycles. The molecule has 0 aliphatic carbocycles. The van der Waals surface area contributed by atoms with Crippen molar-refractivity contribution in [1.82, 2.24) is 4.57 Å². The smallest absolute Gasteiger partial charge is 0.177 e. The van der Waals surface area contributed by atoms with Gasteiger partial charge in [0.15, 0.2) is 11.6 Å². The quantitative estimate of drug-likeness (QED) is 0.696. The number of aryl methyl sites for hydroxylation is 1. The highest BCUT2D eigenvalue weighted by Crippen LogP contribution is 2.27. The van der Waals surface area contributed by atoms with Crippen LogP contribution in [0.1, 0.15) is 19.5 Å². The summed E-state index contributed by atoms with van der Waals surface area (Å²) in [4.78, 5) is 0. The molecule has 0 saturated carbocycles. The van der Waals surface area contributed by atoms with E-state index >= 15 is 0 Å². The molecule has 0 bridgehead atoms. The van der Waals surface area contributed by atoms with E-state index in [2.05, 4.69) is 17.2 Å². The van der Waals surface area contributed by atoms with Crippen LogP contribution in [0.15, 0.2) is 31.0 Å². The fourth-order valence-electron chi connectivity index (χ4n) is 2.22. The van der Waals surface area contributed by atoms with Crippen LogP contribution in [0.2, 0.25) is 5.02 Å². The molecule has 3 nitrogen and oxygen atoms in total. The zero-order chi connectivity index (χ0) is 18.1. The van der Waals surface area contributed by atoms with Crippen LogP contribution in [0.3, 0.4) is 0 Å². The van der Waals surface area contributed by atoms with Crippen molar-refractivity contribution in [2.75, 3.05) is 17.3 Å². The number of halogens is 4. The Balaban J connectivity index is 2.20. The lowest BCUT2D eigenvalue weighted by Gasteiger charge is -2.22. The molecule has 1 heterocycles. The summed E-state index contributed by atoms with van der Waals surface area (Å²) in [5.74, 6) is -2.14. The zero-order valence-electron chi connectivity index (χ0n) is 13.7. The molecule has 0 spiro atoms. The van der Waals surface area contributed by atoms with Crippen molar-refractivity contribution >= 4 is 28.7 Å². The highest BCUT2D eigenvalue weighted by atomic mass is 35.5. The highest BCUT2D eigenvalue weighted by molar-refractivity contribution is 6.31. The number of hydrogen-bond acceptors (Lipinski definition) is 2. The van der Waals surface area contributed by atoms with Crippen LogP contribution in [-0.4, -0.2) is 16.8 Å². The van der Waals surface area contributed by atoms with Crippen LogP contribution < -0.4 is 10.6 Å². The molecule has 0 radical (unpaired) electrons. The first-order valence-electron chi connectivity index (χ1n) is 7.24. The normalized spacial score (nSPS) is 11.5. The van der Waals surface area contributed by atoms with Gasteiger partial charge in [0.2, 0.25) is 0 Å². The predicted octanol–water partition coefficient (Wildman–Crippen LogP) is 5.20. The van der Waals surface area contributed by atoms with E-state index in [4.69, 9.17) is 11.6 Å². The van der Waals surface area contributed by atoms with E-state index in [1.165, 1.54) is 6.07 Å². The van der Waals surface area contributed by atoms with Crippen molar-refractivity contribution in [3.8, 4) is 0 Å². The molecule has 1 aromatic carbocycles. The lowest BCUT2D eigenvalue weighted by atomic mass is 10.1. The van der Waals surface area contributed by atoms with E-state index in [0.29, 0.717) is 11.4 Å². The van der Waals surface area contributed by atoms with Gasteiger partial charge in [0, 0.05) is 25.0 Å². The Morgan fingerprint density at radius 2 is 1.92 bits per heavy atom. The molecule has 0 unspecified atom stereocenters. The van der Waals surface area contributed by atoms with Gasteiger partial charge in [-0.1, -0.05) is 18.2 Å². The van der Waals surface area contributed by atoms with E-state index < -0.39 is 23.8 Å². The summed E-state index contributed by atoms with van der Waals surface area (Å²) < 4.78 is 41.4. The second kappa shape index (κ2) is 6.81. The molecule has 2 rings (SSSR count). The third kappa shape index (κ3) is 4.06. The van der Waals surface area contributed by atoms with Gasteiger partial charge < -0.3 is 15.2 Å². The van der Waals surface area contributed by atoms with E-state index in [-0.39, 0.29) is 10.7 Å². The number of benzene rings is 1. The Labute approximate surface area is 144 Å². The van der Waals surface area contributed by atoms with Gasteiger partial charge in [-0.25, -0.2) is 13.2 Å². The Morgan fingerprint density at radius 3 is 2.50 bits per heavy atom. The van der Waals surface area contributed by atoms with Crippen LogP contribution in [0.4, 0.5) is 24.5 Å². The molecule has 7 heteroatoms. The summed E-state index contributed by atoms with van der Waals surface area (Å²) in [5.41, 5.74) is 1.48. The maximum atomic E-state index is 13.4. The topological polar surface area (TPSA) is 29.0 Å². The third-order valence-electron chi connectivity index (χ3n) is 3.41. The number of alkyl halides is 1. The van der Waals surface area contributed by atoms with Gasteiger partial charge in [-0.15, -0.1) is 0 Å². The first kappa shape index (κ1) is 18.3. The maximum Gasteiger partial charge on any atom is 0.177 e. The van der Waals surface area contributed by atoms with Crippen LogP contribution in [0.25, 0.3) is 5.70 Å². The van der Waals surface area contributed by atoms with Gasteiger partial charge in [0.05, 0.1) is 27.6 Å². The van der Waals surface area contributed by atoms with Crippen molar-refractivity contribution in [2.24, 2.45) is 7.05 Å². The number of nitrogens with zero attached hydrogens (tertiary/aromatic N) is 1. The minimum atomic E-state index is -1.09. The fraction of sp³-hybridized carbons (Fsp3) is 0.294. The van der Waals surface area contributed by atoms with Gasteiger partial charge in [0.25, 0.3) is 0 Å². The summed E-state index contributed by atoms with van der Waals surface area (Å²) in [6.45, 7) is 6.87. The van der Waals surface area contributed by atoms with Crippen LogP contribution in [-0.2, 0) is 7.05 Å². The summed E-state index contributed by atoms with van der Waals surface area (Å²) in [6.07, 6.45) is 1.79. The van der Waals surface area contributed by atoms with Gasteiger partial charge in [0.1, 0.15) is 6.67 Å². The number of hydrogen-bond donors (Lipinski definition) is 2. The number of nitrogens with one attached hydrogen (secondary N) is 2. The average molecular weight is 358 g/mol. The summed E-state index contributed by atoms with van der Waals surface area (Å²) in [5, 5.41) is 5.65. The molecule has 130 valence electrons. The van der Waals surface area contributed by atoms with Crippen molar-refractivity contribution in [3.63, 3.8) is 0 Å². The molecule has 2 aromatic rings. The van der Waals surface area contributed by atoms with E-state index in [1.54, 1.807) is 37.7 Å². The molecule has 0 saturated heterocycles. The zero-order valence-corrected chi connectivity index (χ0v) is 14.4. The molecule has 24 heavy (non-hydrogen) atoms. The molecule has 2 N–H and O–H groups in total. The average Bonchev–Trinajstić information content (AvgIpc) is 2.84. The fourth-order valence-corrected chi connectivity index (χ4v) is 2.43. The van der Waals surface area contributed by atoms with Gasteiger partial charge >= 0.3 is 0 Å².